The Hall–Kier alpha value is -0.700. The average molecular weight is 345 g/mol. The predicted octanol–water partition coefficient (Wildman–Crippen LogP) is 5.93. The van der Waals surface area contributed by atoms with Crippen LogP contribution in [0.3, 0.4) is 0 Å². The zero-order valence-electron chi connectivity index (χ0n) is 9.75. The first kappa shape index (κ1) is 13.7. The minimum Gasteiger partial charge on any atom is -0.378 e. The molecule has 94 valence electrons. The van der Waals surface area contributed by atoms with Gasteiger partial charge in [-0.25, -0.2) is 0 Å². The molecule has 0 bridgehead atoms. The summed E-state index contributed by atoms with van der Waals surface area (Å²) in [6, 6.07) is 13.8. The quantitative estimate of drug-likeness (QED) is 0.727. The van der Waals surface area contributed by atoms with Gasteiger partial charge >= 0.3 is 0 Å². The summed E-state index contributed by atoms with van der Waals surface area (Å²) in [5, 5.41) is 4.64. The van der Waals surface area contributed by atoms with Crippen LogP contribution < -0.4 is 5.32 Å². The van der Waals surface area contributed by atoms with Crippen LogP contribution in [-0.2, 0) is 0 Å². The van der Waals surface area contributed by atoms with Crippen LogP contribution in [0.1, 0.15) is 18.5 Å². The zero-order chi connectivity index (χ0) is 13.1. The van der Waals surface area contributed by atoms with Crippen molar-refractivity contribution in [2.45, 2.75) is 13.0 Å². The van der Waals surface area contributed by atoms with Gasteiger partial charge in [0.1, 0.15) is 0 Å². The third-order valence-corrected chi connectivity index (χ3v) is 3.58. The average Bonchev–Trinajstić information content (AvgIpc) is 2.28. The number of benzene rings is 2. The van der Waals surface area contributed by atoms with Crippen molar-refractivity contribution in [3.63, 3.8) is 0 Å². The van der Waals surface area contributed by atoms with E-state index in [-0.39, 0.29) is 6.04 Å². The van der Waals surface area contributed by atoms with E-state index in [0.29, 0.717) is 10.0 Å². The Morgan fingerprint density at radius 3 is 2.11 bits per heavy atom. The van der Waals surface area contributed by atoms with Crippen molar-refractivity contribution in [1.82, 2.24) is 0 Å². The molecule has 0 aliphatic rings. The van der Waals surface area contributed by atoms with E-state index in [2.05, 4.69) is 40.3 Å². The van der Waals surface area contributed by atoms with Gasteiger partial charge < -0.3 is 5.32 Å². The van der Waals surface area contributed by atoms with Crippen molar-refractivity contribution >= 4 is 44.8 Å². The van der Waals surface area contributed by atoms with E-state index in [0.717, 1.165) is 10.2 Å². The molecule has 1 unspecified atom stereocenters. The van der Waals surface area contributed by atoms with Crippen LogP contribution in [0.25, 0.3) is 0 Å². The van der Waals surface area contributed by atoms with Crippen LogP contribution >= 0.6 is 39.1 Å². The van der Waals surface area contributed by atoms with Gasteiger partial charge in [0, 0.05) is 26.2 Å². The van der Waals surface area contributed by atoms with Crippen molar-refractivity contribution in [2.24, 2.45) is 0 Å². The predicted molar refractivity (Wildman–Crippen MR) is 82.6 cm³/mol. The second kappa shape index (κ2) is 5.96. The molecule has 0 spiro atoms. The standard InChI is InChI=1S/C14H12BrCl2N/c1-9(10-2-4-11(15)5-3-10)18-14-7-12(16)6-13(17)8-14/h2-9,18H,1H3. The van der Waals surface area contributed by atoms with E-state index in [9.17, 15) is 0 Å². The van der Waals surface area contributed by atoms with E-state index >= 15 is 0 Å². The monoisotopic (exact) mass is 343 g/mol. The van der Waals surface area contributed by atoms with E-state index < -0.39 is 0 Å². The topological polar surface area (TPSA) is 12.0 Å². The molecule has 1 nitrogen and oxygen atoms in total. The van der Waals surface area contributed by atoms with Gasteiger partial charge in [-0.05, 0) is 42.8 Å². The number of rotatable bonds is 3. The molecule has 4 heteroatoms. The van der Waals surface area contributed by atoms with E-state index in [1.54, 1.807) is 6.07 Å². The van der Waals surface area contributed by atoms with Crippen LogP contribution in [0.5, 0.6) is 0 Å². The largest absolute Gasteiger partial charge is 0.378 e. The summed E-state index contributed by atoms with van der Waals surface area (Å²) < 4.78 is 1.07. The Balaban J connectivity index is 2.15. The van der Waals surface area contributed by atoms with Gasteiger partial charge in [-0.15, -0.1) is 0 Å². The molecule has 18 heavy (non-hydrogen) atoms. The van der Waals surface area contributed by atoms with Crippen molar-refractivity contribution in [2.75, 3.05) is 5.32 Å². The third kappa shape index (κ3) is 3.64. The van der Waals surface area contributed by atoms with Crippen molar-refractivity contribution < 1.29 is 0 Å². The van der Waals surface area contributed by atoms with Crippen LogP contribution in [0.2, 0.25) is 10.0 Å². The van der Waals surface area contributed by atoms with Crippen LogP contribution in [0, 0.1) is 0 Å². The molecule has 0 aliphatic heterocycles. The van der Waals surface area contributed by atoms with Crippen LogP contribution in [0.15, 0.2) is 46.9 Å². The molecule has 0 fully saturated rings. The highest BCUT2D eigenvalue weighted by molar-refractivity contribution is 9.10. The number of hydrogen-bond acceptors (Lipinski definition) is 1. The lowest BCUT2D eigenvalue weighted by Crippen LogP contribution is -2.06. The smallest absolute Gasteiger partial charge is 0.0485 e. The molecule has 0 radical (unpaired) electrons. The molecule has 0 saturated heterocycles. The summed E-state index contributed by atoms with van der Waals surface area (Å²) in [5.74, 6) is 0. The summed E-state index contributed by atoms with van der Waals surface area (Å²) in [6.45, 7) is 2.10. The van der Waals surface area contributed by atoms with Crippen LogP contribution in [0.4, 0.5) is 5.69 Å². The number of hydrogen-bond donors (Lipinski definition) is 1. The summed E-state index contributed by atoms with van der Waals surface area (Å²) in [4.78, 5) is 0. The second-order valence-corrected chi connectivity index (χ2v) is 5.86. The maximum atomic E-state index is 5.97. The van der Waals surface area contributed by atoms with E-state index in [1.165, 1.54) is 5.56 Å². The fourth-order valence-corrected chi connectivity index (χ4v) is 2.51. The minimum atomic E-state index is 0.188. The Bertz CT molecular complexity index is 520. The van der Waals surface area contributed by atoms with Crippen molar-refractivity contribution in [3.05, 3.63) is 62.5 Å². The molecule has 2 aromatic rings. The molecule has 0 amide bonds. The third-order valence-electron chi connectivity index (χ3n) is 2.62. The van der Waals surface area contributed by atoms with Gasteiger partial charge in [-0.2, -0.15) is 0 Å². The first-order chi connectivity index (χ1) is 8.54. The van der Waals surface area contributed by atoms with Gasteiger partial charge in [-0.1, -0.05) is 51.3 Å². The van der Waals surface area contributed by atoms with Gasteiger partial charge in [0.2, 0.25) is 0 Å². The van der Waals surface area contributed by atoms with Crippen molar-refractivity contribution in [1.29, 1.82) is 0 Å². The molecule has 1 atom stereocenters. The van der Waals surface area contributed by atoms with Crippen LogP contribution in [-0.4, -0.2) is 0 Å². The fourth-order valence-electron chi connectivity index (χ4n) is 1.72. The molecule has 2 aromatic carbocycles. The number of nitrogens with one attached hydrogen (secondary N) is 1. The summed E-state index contributed by atoms with van der Waals surface area (Å²) >= 11 is 15.4. The van der Waals surface area contributed by atoms with Gasteiger partial charge in [0.25, 0.3) is 0 Å². The lowest BCUT2D eigenvalue weighted by Gasteiger charge is -2.16. The van der Waals surface area contributed by atoms with E-state index in [1.807, 2.05) is 24.3 Å². The zero-order valence-corrected chi connectivity index (χ0v) is 12.9. The molecule has 2 rings (SSSR count). The summed E-state index contributed by atoms with van der Waals surface area (Å²) in [6.07, 6.45) is 0. The molecule has 0 heterocycles. The van der Waals surface area contributed by atoms with Crippen molar-refractivity contribution in [3.8, 4) is 0 Å². The summed E-state index contributed by atoms with van der Waals surface area (Å²) in [5.41, 5.74) is 2.12. The molecular weight excluding hydrogens is 333 g/mol. The Kier molecular flexibility index (Phi) is 4.55. The molecular formula is C14H12BrCl2N. The Labute approximate surface area is 125 Å². The number of halogens is 3. The highest BCUT2D eigenvalue weighted by Gasteiger charge is 2.06. The second-order valence-electron chi connectivity index (χ2n) is 4.08. The molecule has 1 N–H and O–H groups in total. The fraction of sp³-hybridized carbons (Fsp3) is 0.143. The minimum absolute atomic E-state index is 0.188. The lowest BCUT2D eigenvalue weighted by atomic mass is 10.1. The Morgan fingerprint density at radius 2 is 1.56 bits per heavy atom. The number of anilines is 1. The van der Waals surface area contributed by atoms with Gasteiger partial charge in [0.15, 0.2) is 0 Å². The normalized spacial score (nSPS) is 12.2. The Morgan fingerprint density at radius 1 is 1.00 bits per heavy atom. The highest BCUT2D eigenvalue weighted by Crippen LogP contribution is 2.26. The van der Waals surface area contributed by atoms with Gasteiger partial charge in [0.05, 0.1) is 0 Å². The first-order valence-electron chi connectivity index (χ1n) is 5.53. The maximum Gasteiger partial charge on any atom is 0.0485 e. The highest BCUT2D eigenvalue weighted by atomic mass is 79.9. The van der Waals surface area contributed by atoms with E-state index in [4.69, 9.17) is 23.2 Å². The SMILES string of the molecule is CC(Nc1cc(Cl)cc(Cl)c1)c1ccc(Br)cc1. The lowest BCUT2D eigenvalue weighted by molar-refractivity contribution is 0.884. The molecule has 0 aromatic heterocycles. The maximum absolute atomic E-state index is 5.97. The molecule has 0 saturated carbocycles. The molecule has 0 aliphatic carbocycles. The van der Waals surface area contributed by atoms with Gasteiger partial charge in [-0.3, -0.25) is 0 Å². The summed E-state index contributed by atoms with van der Waals surface area (Å²) in [7, 11) is 0. The first-order valence-corrected chi connectivity index (χ1v) is 7.07.